The molecule has 0 bridgehead atoms. The number of pyridine rings is 1. The first-order valence-corrected chi connectivity index (χ1v) is 16.2. The van der Waals surface area contributed by atoms with Crippen molar-refractivity contribution >= 4 is 40.7 Å². The standard InChI is InChI=1S/C30H36N4O5S.C2HF3O2/c1-40(39)20-17-25(33-28(35)12-6-8-19-32-27-11-5-7-18-31-27)30(38)34-26(21-29(36)37)24-15-13-23(14-16-24)22-9-3-2-4-10-22;3-2(4,5)1(6)7/h2-5,7,9-11,13-16,18,25-26H,6,8,12,17,19-21H2,1H3,(H,31,32)(H,33,35)(H,34,38)(H,36,37);(H,6,7)/t25-,26?,40?;/m0./s1. The van der Waals surface area contributed by atoms with Gasteiger partial charge in [-0.25, -0.2) is 9.78 Å². The summed E-state index contributed by atoms with van der Waals surface area (Å²) in [5.74, 6) is -3.63. The molecule has 47 heavy (non-hydrogen) atoms. The maximum atomic E-state index is 13.2. The molecule has 3 rings (SSSR count). The summed E-state index contributed by atoms with van der Waals surface area (Å²) >= 11 is -1.16. The third kappa shape index (κ3) is 15.5. The van der Waals surface area contributed by atoms with Crippen LogP contribution in [0.15, 0.2) is 79.0 Å². The molecule has 2 amide bonds. The molecule has 0 aliphatic carbocycles. The van der Waals surface area contributed by atoms with Crippen LogP contribution in [0.25, 0.3) is 11.1 Å². The van der Waals surface area contributed by atoms with Gasteiger partial charge in [-0.2, -0.15) is 13.2 Å². The van der Waals surface area contributed by atoms with Gasteiger partial charge in [0.1, 0.15) is 17.6 Å². The lowest BCUT2D eigenvalue weighted by Gasteiger charge is -2.23. The van der Waals surface area contributed by atoms with Crippen LogP contribution >= 0.6 is 0 Å². The number of hydrogen-bond donors (Lipinski definition) is 5. The highest BCUT2D eigenvalue weighted by atomic mass is 32.2. The molecular formula is C32H37F3N4O7S. The highest BCUT2D eigenvalue weighted by Gasteiger charge is 2.38. The average Bonchev–Trinajstić information content (AvgIpc) is 3.03. The summed E-state index contributed by atoms with van der Waals surface area (Å²) in [7, 11) is 0. The lowest BCUT2D eigenvalue weighted by molar-refractivity contribution is -0.192. The molecule has 0 aliphatic heterocycles. The van der Waals surface area contributed by atoms with E-state index in [2.05, 4.69) is 20.9 Å². The van der Waals surface area contributed by atoms with Crippen molar-refractivity contribution in [2.75, 3.05) is 23.9 Å². The normalized spacial score (nSPS) is 12.8. The van der Waals surface area contributed by atoms with Crippen molar-refractivity contribution in [1.82, 2.24) is 15.6 Å². The second-order valence-electron chi connectivity index (χ2n) is 10.2. The second-order valence-corrected chi connectivity index (χ2v) is 11.8. The van der Waals surface area contributed by atoms with Crippen LogP contribution < -0.4 is 16.0 Å². The molecule has 0 aliphatic rings. The predicted molar refractivity (Wildman–Crippen MR) is 171 cm³/mol. The molecule has 0 saturated heterocycles. The van der Waals surface area contributed by atoms with Gasteiger partial charge in [0, 0.05) is 25.6 Å². The number of carbonyl (C=O) groups excluding carboxylic acids is 2. The van der Waals surface area contributed by atoms with Crippen molar-refractivity contribution in [2.24, 2.45) is 0 Å². The molecule has 0 radical (unpaired) electrons. The number of alkyl halides is 3. The van der Waals surface area contributed by atoms with Gasteiger partial charge in [-0.05, 0) is 41.7 Å². The number of unbranched alkanes of at least 4 members (excludes halogenated alkanes) is 1. The predicted octanol–water partition coefficient (Wildman–Crippen LogP) is 4.55. The molecule has 0 saturated carbocycles. The zero-order chi connectivity index (χ0) is 34.8. The maximum absolute atomic E-state index is 13.2. The number of carboxylic acid groups (broad SMARTS) is 2. The Balaban J connectivity index is 0.000000984. The third-order valence-electron chi connectivity index (χ3n) is 6.51. The first-order valence-electron chi connectivity index (χ1n) is 14.5. The van der Waals surface area contributed by atoms with Gasteiger partial charge in [-0.3, -0.25) is 14.4 Å². The van der Waals surface area contributed by atoms with E-state index >= 15 is 0 Å². The summed E-state index contributed by atoms with van der Waals surface area (Å²) in [6.07, 6.45) is -0.427. The Morgan fingerprint density at radius 2 is 1.51 bits per heavy atom. The molecular weight excluding hydrogens is 641 g/mol. The lowest BCUT2D eigenvalue weighted by Crippen LogP contribution is -2.48. The van der Waals surface area contributed by atoms with E-state index in [1.807, 2.05) is 60.7 Å². The number of nitrogens with one attached hydrogen (secondary N) is 3. The van der Waals surface area contributed by atoms with Gasteiger partial charge in [-0.1, -0.05) is 71.8 Å². The zero-order valence-electron chi connectivity index (χ0n) is 25.5. The summed E-state index contributed by atoms with van der Waals surface area (Å²) in [6.45, 7) is 0.656. The van der Waals surface area contributed by atoms with Crippen LogP contribution in [0.1, 0.15) is 43.7 Å². The summed E-state index contributed by atoms with van der Waals surface area (Å²) in [5.41, 5.74) is 2.63. The van der Waals surface area contributed by atoms with Gasteiger partial charge in [-0.15, -0.1) is 0 Å². The van der Waals surface area contributed by atoms with Crippen molar-refractivity contribution < 1.29 is 47.1 Å². The Morgan fingerprint density at radius 3 is 2.06 bits per heavy atom. The molecule has 2 aromatic carbocycles. The zero-order valence-corrected chi connectivity index (χ0v) is 26.4. The van der Waals surface area contributed by atoms with Crippen molar-refractivity contribution in [2.45, 2.75) is 50.4 Å². The molecule has 3 atom stereocenters. The number of anilines is 1. The number of carboxylic acids is 2. The van der Waals surface area contributed by atoms with E-state index in [1.165, 1.54) is 6.26 Å². The number of rotatable bonds is 16. The molecule has 15 heteroatoms. The minimum Gasteiger partial charge on any atom is -0.617 e. The second kappa shape index (κ2) is 19.8. The molecule has 1 heterocycles. The monoisotopic (exact) mass is 678 g/mol. The summed E-state index contributed by atoms with van der Waals surface area (Å²) in [6, 6.07) is 21.0. The number of hydrogen-bond acceptors (Lipinski definition) is 7. The Bertz CT molecular complexity index is 1410. The van der Waals surface area contributed by atoms with Crippen molar-refractivity contribution in [1.29, 1.82) is 0 Å². The molecule has 0 fully saturated rings. The average molecular weight is 679 g/mol. The van der Waals surface area contributed by atoms with Crippen LogP contribution in [-0.2, 0) is 30.4 Å². The van der Waals surface area contributed by atoms with Crippen molar-refractivity contribution in [3.63, 3.8) is 0 Å². The number of nitrogens with zero attached hydrogens (tertiary/aromatic N) is 1. The summed E-state index contributed by atoms with van der Waals surface area (Å²) < 4.78 is 43.5. The summed E-state index contributed by atoms with van der Waals surface area (Å²) in [4.78, 5) is 50.6. The Kier molecular flexibility index (Phi) is 16.2. The van der Waals surface area contributed by atoms with Crippen molar-refractivity contribution in [3.05, 3.63) is 84.6 Å². The number of amides is 2. The van der Waals surface area contributed by atoms with Gasteiger partial charge in [0.2, 0.25) is 11.8 Å². The molecule has 1 aromatic heterocycles. The van der Waals surface area contributed by atoms with Crippen LogP contribution in [0.3, 0.4) is 0 Å². The van der Waals surface area contributed by atoms with Crippen LogP contribution in [-0.4, -0.2) is 74.3 Å². The molecule has 254 valence electrons. The number of halogens is 3. The Morgan fingerprint density at radius 1 is 0.894 bits per heavy atom. The number of aromatic nitrogens is 1. The van der Waals surface area contributed by atoms with Crippen LogP contribution in [0, 0.1) is 0 Å². The number of benzene rings is 2. The molecule has 3 aromatic rings. The SMILES string of the molecule is C[S+]([O-])CC[C@H](NC(=O)CCCCNc1ccccn1)C(=O)NC(CC(=O)O)c1ccc(-c2ccccc2)cc1.O=C(O)C(F)(F)F. The van der Waals surface area contributed by atoms with E-state index in [-0.39, 0.29) is 30.9 Å². The van der Waals surface area contributed by atoms with E-state index < -0.39 is 47.3 Å². The molecule has 2 unspecified atom stereocenters. The quantitative estimate of drug-likeness (QED) is 0.107. The fraction of sp³-hybridized carbons (Fsp3) is 0.344. The molecule has 11 nitrogen and oxygen atoms in total. The van der Waals surface area contributed by atoms with E-state index in [4.69, 9.17) is 9.90 Å². The Labute approximate surface area is 273 Å². The maximum Gasteiger partial charge on any atom is 0.490 e. The fourth-order valence-electron chi connectivity index (χ4n) is 4.15. The van der Waals surface area contributed by atoms with Crippen LogP contribution in [0.4, 0.5) is 19.0 Å². The first kappa shape index (κ1) is 38.6. The largest absolute Gasteiger partial charge is 0.617 e. The smallest absolute Gasteiger partial charge is 0.490 e. The number of aliphatic carboxylic acids is 2. The third-order valence-corrected chi connectivity index (χ3v) is 7.32. The molecule has 0 spiro atoms. The Hall–Kier alpha value is -4.63. The van der Waals surface area contributed by atoms with E-state index in [9.17, 15) is 37.2 Å². The van der Waals surface area contributed by atoms with E-state index in [0.717, 1.165) is 23.4 Å². The van der Waals surface area contributed by atoms with Gasteiger partial charge in [0.15, 0.2) is 0 Å². The highest BCUT2D eigenvalue weighted by Crippen LogP contribution is 2.24. The lowest BCUT2D eigenvalue weighted by atomic mass is 9.98. The van der Waals surface area contributed by atoms with Crippen molar-refractivity contribution in [3.8, 4) is 11.1 Å². The number of carbonyl (C=O) groups is 4. The van der Waals surface area contributed by atoms with Gasteiger partial charge in [0.25, 0.3) is 0 Å². The van der Waals surface area contributed by atoms with Gasteiger partial charge < -0.3 is 30.7 Å². The first-order chi connectivity index (χ1) is 22.3. The van der Waals surface area contributed by atoms with Gasteiger partial charge >= 0.3 is 18.1 Å². The fourth-order valence-corrected chi connectivity index (χ4v) is 4.72. The van der Waals surface area contributed by atoms with Gasteiger partial charge in [0.05, 0.1) is 18.7 Å². The van der Waals surface area contributed by atoms with E-state index in [0.29, 0.717) is 18.5 Å². The minimum absolute atomic E-state index is 0.175. The highest BCUT2D eigenvalue weighted by molar-refractivity contribution is 7.90. The van der Waals surface area contributed by atoms with Crippen LogP contribution in [0.2, 0.25) is 0 Å². The summed E-state index contributed by atoms with van der Waals surface area (Å²) in [5, 5.41) is 25.4. The topological polar surface area (TPSA) is 181 Å². The molecule has 5 N–H and O–H groups in total. The minimum atomic E-state index is -5.08. The van der Waals surface area contributed by atoms with Crippen LogP contribution in [0.5, 0.6) is 0 Å². The van der Waals surface area contributed by atoms with E-state index in [1.54, 1.807) is 18.3 Å².